The lowest BCUT2D eigenvalue weighted by molar-refractivity contribution is 0.0690. The van der Waals surface area contributed by atoms with Gasteiger partial charge < -0.3 is 9.80 Å². The number of rotatable bonds is 4. The zero-order valence-corrected chi connectivity index (χ0v) is 16.9. The summed E-state index contributed by atoms with van der Waals surface area (Å²) in [4.78, 5) is 21.9. The number of aromatic nitrogens is 1. The molecule has 2 aliphatic rings. The lowest BCUT2D eigenvalue weighted by Gasteiger charge is -2.33. The molecule has 0 N–H and O–H groups in total. The number of hydrogen-bond acceptors (Lipinski definition) is 3. The lowest BCUT2D eigenvalue weighted by Crippen LogP contribution is -2.39. The molecule has 4 nitrogen and oxygen atoms in total. The first-order chi connectivity index (χ1) is 13.7. The zero-order chi connectivity index (χ0) is 19.3. The molecule has 2 aromatic rings. The SMILES string of the molecule is CC1CCCN(c2cc(C(=O)N3CCC(Cc4ccccc4)CC3)ccn2)C1. The molecule has 0 bridgehead atoms. The number of hydrogen-bond donors (Lipinski definition) is 0. The van der Waals surface area contributed by atoms with Gasteiger partial charge in [-0.3, -0.25) is 4.79 Å². The Bertz CT molecular complexity index is 783. The van der Waals surface area contributed by atoms with Crippen molar-refractivity contribution in [1.29, 1.82) is 0 Å². The van der Waals surface area contributed by atoms with E-state index >= 15 is 0 Å². The average Bonchev–Trinajstić information content (AvgIpc) is 2.75. The van der Waals surface area contributed by atoms with Crippen molar-refractivity contribution in [2.75, 3.05) is 31.1 Å². The van der Waals surface area contributed by atoms with E-state index in [4.69, 9.17) is 0 Å². The highest BCUT2D eigenvalue weighted by atomic mass is 16.2. The van der Waals surface area contributed by atoms with E-state index in [0.717, 1.165) is 56.8 Å². The van der Waals surface area contributed by atoms with Gasteiger partial charge in [0, 0.05) is 37.9 Å². The summed E-state index contributed by atoms with van der Waals surface area (Å²) in [7, 11) is 0. The fraction of sp³-hybridized carbons (Fsp3) is 0.500. The number of carbonyl (C=O) groups is 1. The van der Waals surface area contributed by atoms with Crippen molar-refractivity contribution in [3.8, 4) is 0 Å². The Labute approximate surface area is 168 Å². The van der Waals surface area contributed by atoms with Crippen LogP contribution in [0.3, 0.4) is 0 Å². The van der Waals surface area contributed by atoms with Crippen molar-refractivity contribution >= 4 is 11.7 Å². The maximum atomic E-state index is 13.0. The van der Waals surface area contributed by atoms with Gasteiger partial charge in [-0.1, -0.05) is 37.3 Å². The molecule has 0 spiro atoms. The molecule has 3 heterocycles. The highest BCUT2D eigenvalue weighted by molar-refractivity contribution is 5.94. The van der Waals surface area contributed by atoms with Crippen molar-refractivity contribution in [2.45, 2.75) is 39.0 Å². The molecule has 4 heteroatoms. The lowest BCUT2D eigenvalue weighted by atomic mass is 9.90. The van der Waals surface area contributed by atoms with E-state index in [1.165, 1.54) is 18.4 Å². The van der Waals surface area contributed by atoms with Crippen LogP contribution < -0.4 is 4.90 Å². The van der Waals surface area contributed by atoms with Crippen molar-refractivity contribution in [2.24, 2.45) is 11.8 Å². The number of anilines is 1. The molecular weight excluding hydrogens is 346 g/mol. The summed E-state index contributed by atoms with van der Waals surface area (Å²) in [6.45, 7) is 6.08. The minimum atomic E-state index is 0.159. The quantitative estimate of drug-likeness (QED) is 0.792. The third-order valence-corrected chi connectivity index (χ3v) is 6.24. The fourth-order valence-corrected chi connectivity index (χ4v) is 4.59. The van der Waals surface area contributed by atoms with Gasteiger partial charge in [0.25, 0.3) is 5.91 Å². The van der Waals surface area contributed by atoms with Gasteiger partial charge in [0.05, 0.1) is 0 Å². The van der Waals surface area contributed by atoms with Crippen molar-refractivity contribution in [1.82, 2.24) is 9.88 Å². The maximum absolute atomic E-state index is 13.0. The molecule has 0 radical (unpaired) electrons. The van der Waals surface area contributed by atoms with Crippen LogP contribution in [0.2, 0.25) is 0 Å². The summed E-state index contributed by atoms with van der Waals surface area (Å²) in [5.74, 6) is 2.48. The van der Waals surface area contributed by atoms with Crippen LogP contribution in [0.5, 0.6) is 0 Å². The normalized spacial score (nSPS) is 21.0. The fourth-order valence-electron chi connectivity index (χ4n) is 4.59. The second-order valence-corrected chi connectivity index (χ2v) is 8.52. The topological polar surface area (TPSA) is 36.4 Å². The van der Waals surface area contributed by atoms with Gasteiger partial charge in [-0.15, -0.1) is 0 Å². The number of piperidine rings is 2. The summed E-state index contributed by atoms with van der Waals surface area (Å²) in [5, 5.41) is 0. The molecule has 1 unspecified atom stereocenters. The molecule has 148 valence electrons. The van der Waals surface area contributed by atoms with Gasteiger partial charge in [0.15, 0.2) is 0 Å². The monoisotopic (exact) mass is 377 g/mol. The van der Waals surface area contributed by atoms with E-state index in [1.807, 2.05) is 17.0 Å². The smallest absolute Gasteiger partial charge is 0.254 e. The van der Waals surface area contributed by atoms with Gasteiger partial charge >= 0.3 is 0 Å². The summed E-state index contributed by atoms with van der Waals surface area (Å²) in [6, 6.07) is 14.6. The minimum Gasteiger partial charge on any atom is -0.356 e. The van der Waals surface area contributed by atoms with Crippen LogP contribution >= 0.6 is 0 Å². The second kappa shape index (κ2) is 8.76. The number of likely N-dealkylation sites (tertiary alicyclic amines) is 1. The Balaban J connectivity index is 1.35. The molecule has 2 aliphatic heterocycles. The van der Waals surface area contributed by atoms with Gasteiger partial charge in [0.1, 0.15) is 5.82 Å². The second-order valence-electron chi connectivity index (χ2n) is 8.52. The zero-order valence-electron chi connectivity index (χ0n) is 16.9. The van der Waals surface area contributed by atoms with Crippen LogP contribution in [0.4, 0.5) is 5.82 Å². The van der Waals surface area contributed by atoms with Crippen molar-refractivity contribution < 1.29 is 4.79 Å². The number of carbonyl (C=O) groups excluding carboxylic acids is 1. The Morgan fingerprint density at radius 2 is 1.86 bits per heavy atom. The van der Waals surface area contributed by atoms with Crippen LogP contribution in [0.1, 0.15) is 48.5 Å². The van der Waals surface area contributed by atoms with Crippen molar-refractivity contribution in [3.63, 3.8) is 0 Å². The predicted molar refractivity (Wildman–Crippen MR) is 114 cm³/mol. The van der Waals surface area contributed by atoms with Crippen LogP contribution in [0.25, 0.3) is 0 Å². The molecule has 0 saturated carbocycles. The first-order valence-corrected chi connectivity index (χ1v) is 10.7. The van der Waals surface area contributed by atoms with Crippen LogP contribution in [0.15, 0.2) is 48.7 Å². The largest absolute Gasteiger partial charge is 0.356 e. The number of nitrogens with zero attached hydrogens (tertiary/aromatic N) is 3. The molecule has 2 fully saturated rings. The molecule has 1 atom stereocenters. The highest BCUT2D eigenvalue weighted by Gasteiger charge is 2.25. The van der Waals surface area contributed by atoms with E-state index in [-0.39, 0.29) is 5.91 Å². The van der Waals surface area contributed by atoms with Crippen LogP contribution in [-0.2, 0) is 6.42 Å². The molecule has 28 heavy (non-hydrogen) atoms. The predicted octanol–water partition coefficient (Wildman–Crippen LogP) is 4.41. The Hall–Kier alpha value is -2.36. The summed E-state index contributed by atoms with van der Waals surface area (Å²) < 4.78 is 0. The van der Waals surface area contributed by atoms with Gasteiger partial charge in [0.2, 0.25) is 0 Å². The summed E-state index contributed by atoms with van der Waals surface area (Å²) >= 11 is 0. The number of amides is 1. The molecule has 0 aliphatic carbocycles. The van der Waals surface area contributed by atoms with E-state index in [2.05, 4.69) is 47.1 Å². The Morgan fingerprint density at radius 3 is 2.61 bits per heavy atom. The third kappa shape index (κ3) is 4.54. The van der Waals surface area contributed by atoms with E-state index in [0.29, 0.717) is 11.8 Å². The Kier molecular flexibility index (Phi) is 5.94. The van der Waals surface area contributed by atoms with Crippen molar-refractivity contribution in [3.05, 3.63) is 59.8 Å². The van der Waals surface area contributed by atoms with Gasteiger partial charge in [-0.05, 0) is 61.6 Å². The van der Waals surface area contributed by atoms with Gasteiger partial charge in [-0.25, -0.2) is 4.98 Å². The number of benzene rings is 1. The Morgan fingerprint density at radius 1 is 1.07 bits per heavy atom. The first-order valence-electron chi connectivity index (χ1n) is 10.7. The van der Waals surface area contributed by atoms with E-state index in [9.17, 15) is 4.79 Å². The van der Waals surface area contributed by atoms with E-state index < -0.39 is 0 Å². The minimum absolute atomic E-state index is 0.159. The number of pyridine rings is 1. The standard InChI is InChI=1S/C24H31N3O/c1-19-6-5-13-27(18-19)23-17-22(9-12-25-23)24(28)26-14-10-21(11-15-26)16-20-7-3-2-4-8-20/h2-4,7-9,12,17,19,21H,5-6,10-11,13-16,18H2,1H3. The van der Waals surface area contributed by atoms with Crippen LogP contribution in [-0.4, -0.2) is 42.0 Å². The molecule has 1 amide bonds. The molecule has 2 saturated heterocycles. The van der Waals surface area contributed by atoms with Crippen LogP contribution in [0, 0.1) is 11.8 Å². The average molecular weight is 378 g/mol. The highest BCUT2D eigenvalue weighted by Crippen LogP contribution is 2.25. The molecule has 4 rings (SSSR count). The van der Waals surface area contributed by atoms with E-state index in [1.54, 1.807) is 6.20 Å². The summed E-state index contributed by atoms with van der Waals surface area (Å²) in [6.07, 6.45) is 7.58. The first kappa shape index (κ1) is 19.0. The third-order valence-electron chi connectivity index (χ3n) is 6.24. The maximum Gasteiger partial charge on any atom is 0.254 e. The molecular formula is C24H31N3O. The molecule has 1 aromatic carbocycles. The molecule has 1 aromatic heterocycles. The van der Waals surface area contributed by atoms with Gasteiger partial charge in [-0.2, -0.15) is 0 Å². The summed E-state index contributed by atoms with van der Waals surface area (Å²) in [5.41, 5.74) is 2.19.